The van der Waals surface area contributed by atoms with E-state index in [4.69, 9.17) is 4.74 Å². The van der Waals surface area contributed by atoms with Gasteiger partial charge in [0.25, 0.3) is 5.91 Å². The lowest BCUT2D eigenvalue weighted by Gasteiger charge is -2.38. The van der Waals surface area contributed by atoms with Crippen LogP contribution in [0.5, 0.6) is 0 Å². The highest BCUT2D eigenvalue weighted by Gasteiger charge is 2.59. The third-order valence-electron chi connectivity index (χ3n) is 9.29. The molecule has 2 amide bonds. The minimum absolute atomic E-state index is 0.0349. The van der Waals surface area contributed by atoms with E-state index in [1.807, 2.05) is 11.0 Å². The van der Waals surface area contributed by atoms with Gasteiger partial charge in [0.15, 0.2) is 0 Å². The SMILES string of the molecule is O=C(NCC1(c2ccccc2)CCOCC1)C1CC12CCN(C(=O)c1scc3c1CCCC3)CC2. The maximum atomic E-state index is 13.3. The maximum Gasteiger partial charge on any atom is 0.264 e. The minimum atomic E-state index is -0.0349. The highest BCUT2D eigenvalue weighted by Crippen LogP contribution is 2.59. The van der Waals surface area contributed by atoms with E-state index in [1.54, 1.807) is 11.3 Å². The molecule has 1 atom stereocenters. The standard InChI is InChI=1S/C29H36N2O3S/c32-26(30-20-29(12-16-34-17-13-29)22-7-2-1-3-8-22)24-18-28(24)10-14-31(15-11-28)27(33)25-23-9-5-4-6-21(23)19-35-25/h1-3,7-8,19,24H,4-6,9-18,20H2,(H,30,32). The van der Waals surface area contributed by atoms with E-state index in [0.29, 0.717) is 6.54 Å². The second-order valence-electron chi connectivity index (χ2n) is 11.2. The van der Waals surface area contributed by atoms with Gasteiger partial charge in [-0.3, -0.25) is 9.59 Å². The van der Waals surface area contributed by atoms with Crippen molar-refractivity contribution in [3.63, 3.8) is 0 Å². The Morgan fingerprint density at radius 2 is 1.77 bits per heavy atom. The molecule has 3 heterocycles. The number of rotatable bonds is 5. The number of benzene rings is 1. The number of aryl methyl sites for hydroxylation is 1. The molecule has 2 aliphatic heterocycles. The normalized spacial score (nSPS) is 24.6. The average Bonchev–Trinajstić information content (AvgIpc) is 3.44. The van der Waals surface area contributed by atoms with Crippen molar-refractivity contribution in [1.29, 1.82) is 0 Å². The van der Waals surface area contributed by atoms with Crippen LogP contribution >= 0.6 is 11.3 Å². The van der Waals surface area contributed by atoms with Gasteiger partial charge in [-0.05, 0) is 85.3 Å². The van der Waals surface area contributed by atoms with E-state index in [0.717, 1.165) is 76.1 Å². The molecule has 1 N–H and O–H groups in total. The second kappa shape index (κ2) is 9.36. The number of nitrogens with one attached hydrogen (secondary N) is 1. The Morgan fingerprint density at radius 3 is 2.54 bits per heavy atom. The van der Waals surface area contributed by atoms with E-state index in [-0.39, 0.29) is 28.6 Å². The molecule has 0 radical (unpaired) electrons. The van der Waals surface area contributed by atoms with Gasteiger partial charge < -0.3 is 15.0 Å². The summed E-state index contributed by atoms with van der Waals surface area (Å²) in [6.07, 6.45) is 9.36. The number of nitrogens with zero attached hydrogens (tertiary/aromatic N) is 1. The molecule has 0 bridgehead atoms. The molecule has 2 saturated heterocycles. The summed E-state index contributed by atoms with van der Waals surface area (Å²) in [6, 6.07) is 10.6. The molecular formula is C29H36N2O3S. The molecule has 1 spiro atoms. The van der Waals surface area contributed by atoms with Gasteiger partial charge in [0.2, 0.25) is 5.91 Å². The van der Waals surface area contributed by atoms with Crippen LogP contribution < -0.4 is 5.32 Å². The smallest absolute Gasteiger partial charge is 0.264 e. The summed E-state index contributed by atoms with van der Waals surface area (Å²) in [5.74, 6) is 0.528. The number of ether oxygens (including phenoxy) is 1. The number of hydrogen-bond donors (Lipinski definition) is 1. The van der Waals surface area contributed by atoms with Crippen molar-refractivity contribution in [2.75, 3.05) is 32.8 Å². The lowest BCUT2D eigenvalue weighted by Crippen LogP contribution is -2.46. The molecule has 4 aliphatic rings. The van der Waals surface area contributed by atoms with E-state index in [2.05, 4.69) is 35.0 Å². The topological polar surface area (TPSA) is 58.6 Å². The van der Waals surface area contributed by atoms with Crippen LogP contribution in [0.4, 0.5) is 0 Å². The number of hydrogen-bond acceptors (Lipinski definition) is 4. The first-order valence-electron chi connectivity index (χ1n) is 13.4. The Bertz CT molecular complexity index is 1080. The number of likely N-dealkylation sites (tertiary alicyclic amines) is 1. The highest BCUT2D eigenvalue weighted by atomic mass is 32.1. The highest BCUT2D eigenvalue weighted by molar-refractivity contribution is 7.12. The largest absolute Gasteiger partial charge is 0.381 e. The fourth-order valence-corrected chi connectivity index (χ4v) is 7.89. The van der Waals surface area contributed by atoms with Crippen LogP contribution in [-0.2, 0) is 27.8 Å². The summed E-state index contributed by atoms with van der Waals surface area (Å²) in [5.41, 5.74) is 4.08. The summed E-state index contributed by atoms with van der Waals surface area (Å²) in [6.45, 7) is 3.73. The van der Waals surface area contributed by atoms with E-state index < -0.39 is 0 Å². The van der Waals surface area contributed by atoms with Gasteiger partial charge in [0.05, 0.1) is 4.88 Å². The zero-order chi connectivity index (χ0) is 23.9. The van der Waals surface area contributed by atoms with Gasteiger partial charge >= 0.3 is 0 Å². The van der Waals surface area contributed by atoms with Crippen molar-refractivity contribution in [2.45, 2.75) is 63.2 Å². The predicted molar refractivity (Wildman–Crippen MR) is 138 cm³/mol. The third kappa shape index (κ3) is 4.33. The summed E-state index contributed by atoms with van der Waals surface area (Å²) >= 11 is 1.64. The molecule has 3 fully saturated rings. The van der Waals surface area contributed by atoms with Crippen molar-refractivity contribution in [3.8, 4) is 0 Å². The summed E-state index contributed by atoms with van der Waals surface area (Å²) < 4.78 is 5.65. The summed E-state index contributed by atoms with van der Waals surface area (Å²) in [5, 5.41) is 5.55. The van der Waals surface area contributed by atoms with Crippen molar-refractivity contribution >= 4 is 23.2 Å². The van der Waals surface area contributed by atoms with Crippen LogP contribution in [0.15, 0.2) is 35.7 Å². The number of thiophene rings is 1. The third-order valence-corrected chi connectivity index (χ3v) is 10.3. The zero-order valence-corrected chi connectivity index (χ0v) is 21.3. The lowest BCUT2D eigenvalue weighted by molar-refractivity contribution is -0.123. The number of amides is 2. The van der Waals surface area contributed by atoms with Crippen LogP contribution in [-0.4, -0.2) is 49.6 Å². The van der Waals surface area contributed by atoms with Crippen molar-refractivity contribution < 1.29 is 14.3 Å². The number of carbonyl (C=O) groups is 2. The fourth-order valence-electron chi connectivity index (χ4n) is 6.77. The molecule has 1 saturated carbocycles. The van der Waals surface area contributed by atoms with Crippen LogP contribution in [0.1, 0.15) is 71.3 Å². The number of carbonyl (C=O) groups excluding carboxylic acids is 2. The lowest BCUT2D eigenvalue weighted by atomic mass is 9.74. The van der Waals surface area contributed by atoms with E-state index in [9.17, 15) is 9.59 Å². The van der Waals surface area contributed by atoms with Gasteiger partial charge in [-0.15, -0.1) is 11.3 Å². The number of fused-ring (bicyclic) bond motifs is 1. The predicted octanol–water partition coefficient (Wildman–Crippen LogP) is 4.73. The molecule has 1 unspecified atom stereocenters. The monoisotopic (exact) mass is 492 g/mol. The Labute approximate surface area is 212 Å². The quantitative estimate of drug-likeness (QED) is 0.656. The van der Waals surface area contributed by atoms with Crippen molar-refractivity contribution in [1.82, 2.24) is 10.2 Å². The first-order valence-corrected chi connectivity index (χ1v) is 14.3. The Balaban J connectivity index is 1.05. The molecular weight excluding hydrogens is 456 g/mol. The second-order valence-corrected chi connectivity index (χ2v) is 12.0. The van der Waals surface area contributed by atoms with Crippen molar-refractivity contribution in [2.24, 2.45) is 11.3 Å². The fraction of sp³-hybridized carbons (Fsp3) is 0.586. The zero-order valence-electron chi connectivity index (χ0n) is 20.5. The molecule has 6 rings (SSSR count). The van der Waals surface area contributed by atoms with E-state index in [1.165, 1.54) is 29.5 Å². The molecule has 35 heavy (non-hydrogen) atoms. The summed E-state index contributed by atoms with van der Waals surface area (Å²) in [4.78, 5) is 29.5. The van der Waals surface area contributed by atoms with Crippen molar-refractivity contribution in [3.05, 3.63) is 57.3 Å². The first-order chi connectivity index (χ1) is 17.1. The Hall–Kier alpha value is -2.18. The first kappa shape index (κ1) is 23.2. The van der Waals surface area contributed by atoms with Gasteiger partial charge in [0, 0.05) is 44.2 Å². The molecule has 186 valence electrons. The van der Waals surface area contributed by atoms with Crippen LogP contribution in [0.2, 0.25) is 0 Å². The molecule has 1 aromatic carbocycles. The maximum absolute atomic E-state index is 13.3. The van der Waals surface area contributed by atoms with Crippen LogP contribution in [0, 0.1) is 11.3 Å². The van der Waals surface area contributed by atoms with Gasteiger partial charge in [-0.25, -0.2) is 0 Å². The summed E-state index contributed by atoms with van der Waals surface area (Å²) in [7, 11) is 0. The van der Waals surface area contributed by atoms with E-state index >= 15 is 0 Å². The Kier molecular flexibility index (Phi) is 6.21. The van der Waals surface area contributed by atoms with Gasteiger partial charge in [-0.1, -0.05) is 30.3 Å². The molecule has 5 nitrogen and oxygen atoms in total. The van der Waals surface area contributed by atoms with Crippen LogP contribution in [0.3, 0.4) is 0 Å². The minimum Gasteiger partial charge on any atom is -0.381 e. The average molecular weight is 493 g/mol. The van der Waals surface area contributed by atoms with Gasteiger partial charge in [-0.2, -0.15) is 0 Å². The molecule has 6 heteroatoms. The number of piperidine rings is 1. The molecule has 1 aromatic heterocycles. The Morgan fingerprint density at radius 1 is 1.03 bits per heavy atom. The van der Waals surface area contributed by atoms with Gasteiger partial charge in [0.1, 0.15) is 0 Å². The molecule has 2 aliphatic carbocycles. The molecule has 2 aromatic rings. The van der Waals surface area contributed by atoms with Crippen LogP contribution in [0.25, 0.3) is 0 Å².